The van der Waals surface area contributed by atoms with Gasteiger partial charge in [-0.25, -0.2) is 0 Å². The summed E-state index contributed by atoms with van der Waals surface area (Å²) >= 11 is 0. The summed E-state index contributed by atoms with van der Waals surface area (Å²) in [6.45, 7) is 2.13. The number of fused-ring (bicyclic) bond motifs is 1. The molecule has 24 heavy (non-hydrogen) atoms. The van der Waals surface area contributed by atoms with E-state index >= 15 is 0 Å². The lowest BCUT2D eigenvalue weighted by molar-refractivity contribution is -0.127. The minimum absolute atomic E-state index is 0.0298. The van der Waals surface area contributed by atoms with Crippen LogP contribution in [0.2, 0.25) is 0 Å². The first kappa shape index (κ1) is 16.2. The molecule has 0 bridgehead atoms. The second kappa shape index (κ2) is 7.27. The van der Waals surface area contributed by atoms with E-state index in [1.54, 1.807) is 13.0 Å². The van der Waals surface area contributed by atoms with Crippen molar-refractivity contribution in [2.75, 3.05) is 10.6 Å². The molecule has 0 saturated carbocycles. The van der Waals surface area contributed by atoms with E-state index in [9.17, 15) is 9.59 Å². The van der Waals surface area contributed by atoms with Gasteiger partial charge in [0.2, 0.25) is 5.91 Å². The van der Waals surface area contributed by atoms with Crippen molar-refractivity contribution >= 4 is 23.2 Å². The van der Waals surface area contributed by atoms with Crippen LogP contribution in [0.3, 0.4) is 0 Å². The molecular formula is C19H20N2O3. The number of hydrogen-bond acceptors (Lipinski definition) is 3. The van der Waals surface area contributed by atoms with E-state index in [0.717, 1.165) is 16.8 Å². The minimum atomic E-state index is -0.555. The number of aryl methyl sites for hydroxylation is 1. The lowest BCUT2D eigenvalue weighted by atomic mass is 10.0. The molecule has 0 aromatic heterocycles. The van der Waals surface area contributed by atoms with E-state index in [1.807, 2.05) is 42.5 Å². The second-order valence-corrected chi connectivity index (χ2v) is 5.85. The Kier molecular flexibility index (Phi) is 4.91. The van der Waals surface area contributed by atoms with Crippen LogP contribution in [0, 0.1) is 0 Å². The standard InChI is InChI=1S/C19H20N2O3/c1-13(24-12-14-5-3-2-4-6-14)19(23)20-16-8-9-17-15(11-16)7-10-18(22)21-17/h2-6,8-9,11,13H,7,10,12H2,1H3,(H,20,23)(H,21,22)/t13-/m1/s1. The fraction of sp³-hybridized carbons (Fsp3) is 0.263. The number of amides is 2. The first-order valence-corrected chi connectivity index (χ1v) is 8.01. The Morgan fingerprint density at radius 2 is 2.00 bits per heavy atom. The van der Waals surface area contributed by atoms with Crippen LogP contribution in [0.4, 0.5) is 11.4 Å². The van der Waals surface area contributed by atoms with Gasteiger partial charge in [0.05, 0.1) is 6.61 Å². The molecule has 1 aliphatic rings. The van der Waals surface area contributed by atoms with Crippen LogP contribution in [0.1, 0.15) is 24.5 Å². The maximum absolute atomic E-state index is 12.2. The van der Waals surface area contributed by atoms with Crippen LogP contribution in [-0.4, -0.2) is 17.9 Å². The summed E-state index contributed by atoms with van der Waals surface area (Å²) in [5, 5.41) is 5.69. The highest BCUT2D eigenvalue weighted by Crippen LogP contribution is 2.25. The van der Waals surface area contributed by atoms with Gasteiger partial charge in [-0.1, -0.05) is 30.3 Å². The largest absolute Gasteiger partial charge is 0.364 e. The summed E-state index contributed by atoms with van der Waals surface area (Å²) in [6.07, 6.45) is 0.604. The summed E-state index contributed by atoms with van der Waals surface area (Å²) in [5.74, 6) is -0.159. The van der Waals surface area contributed by atoms with Crippen LogP contribution in [0.15, 0.2) is 48.5 Å². The molecule has 124 valence electrons. The predicted octanol–water partition coefficient (Wildman–Crippen LogP) is 3.12. The van der Waals surface area contributed by atoms with Gasteiger partial charge in [-0.2, -0.15) is 0 Å². The number of hydrogen-bond donors (Lipinski definition) is 2. The topological polar surface area (TPSA) is 67.4 Å². The van der Waals surface area contributed by atoms with E-state index in [1.165, 1.54) is 0 Å². The number of benzene rings is 2. The van der Waals surface area contributed by atoms with Crippen molar-refractivity contribution in [2.24, 2.45) is 0 Å². The third kappa shape index (κ3) is 4.00. The Morgan fingerprint density at radius 3 is 2.79 bits per heavy atom. The van der Waals surface area contributed by atoms with Crippen molar-refractivity contribution in [3.05, 3.63) is 59.7 Å². The van der Waals surface area contributed by atoms with Gasteiger partial charge in [0.25, 0.3) is 5.91 Å². The SMILES string of the molecule is C[C@@H](OCc1ccccc1)C(=O)Nc1ccc2c(c1)CCC(=O)N2. The Labute approximate surface area is 141 Å². The monoisotopic (exact) mass is 324 g/mol. The number of carbonyl (C=O) groups excluding carboxylic acids is 2. The van der Waals surface area contributed by atoms with E-state index < -0.39 is 6.10 Å². The third-order valence-electron chi connectivity index (χ3n) is 3.98. The molecular weight excluding hydrogens is 304 g/mol. The Balaban J connectivity index is 1.57. The van der Waals surface area contributed by atoms with Gasteiger partial charge in [-0.3, -0.25) is 9.59 Å². The molecule has 0 fully saturated rings. The summed E-state index contributed by atoms with van der Waals surface area (Å²) in [7, 11) is 0. The molecule has 2 N–H and O–H groups in total. The molecule has 2 amide bonds. The molecule has 1 aliphatic heterocycles. The molecule has 0 saturated heterocycles. The normalized spacial score (nSPS) is 14.5. The maximum atomic E-state index is 12.2. The van der Waals surface area contributed by atoms with E-state index in [2.05, 4.69) is 10.6 Å². The Hall–Kier alpha value is -2.66. The van der Waals surface area contributed by atoms with Crippen molar-refractivity contribution in [3.63, 3.8) is 0 Å². The molecule has 2 aromatic rings. The lowest BCUT2D eigenvalue weighted by Gasteiger charge is -2.18. The highest BCUT2D eigenvalue weighted by Gasteiger charge is 2.17. The average molecular weight is 324 g/mol. The molecule has 1 atom stereocenters. The molecule has 0 aliphatic carbocycles. The summed E-state index contributed by atoms with van der Waals surface area (Å²) < 4.78 is 5.62. The van der Waals surface area contributed by atoms with Crippen molar-refractivity contribution in [3.8, 4) is 0 Å². The van der Waals surface area contributed by atoms with E-state index in [-0.39, 0.29) is 11.8 Å². The summed E-state index contributed by atoms with van der Waals surface area (Å²) in [6, 6.07) is 15.2. The van der Waals surface area contributed by atoms with Crippen LogP contribution in [-0.2, 0) is 27.4 Å². The summed E-state index contributed by atoms with van der Waals surface area (Å²) in [4.78, 5) is 23.6. The molecule has 2 aromatic carbocycles. The van der Waals surface area contributed by atoms with Crippen LogP contribution in [0.25, 0.3) is 0 Å². The first-order valence-electron chi connectivity index (χ1n) is 8.01. The smallest absolute Gasteiger partial charge is 0.253 e. The fourth-order valence-corrected chi connectivity index (χ4v) is 2.58. The zero-order valence-electron chi connectivity index (χ0n) is 13.5. The van der Waals surface area contributed by atoms with Crippen LogP contribution >= 0.6 is 0 Å². The van der Waals surface area contributed by atoms with Gasteiger partial charge in [-0.05, 0) is 42.7 Å². The maximum Gasteiger partial charge on any atom is 0.253 e. The highest BCUT2D eigenvalue weighted by atomic mass is 16.5. The first-order chi connectivity index (χ1) is 11.6. The predicted molar refractivity (Wildman–Crippen MR) is 92.7 cm³/mol. The minimum Gasteiger partial charge on any atom is -0.364 e. The summed E-state index contributed by atoms with van der Waals surface area (Å²) in [5.41, 5.74) is 3.59. The molecule has 5 heteroatoms. The van der Waals surface area contributed by atoms with Gasteiger partial charge < -0.3 is 15.4 Å². The number of carbonyl (C=O) groups is 2. The van der Waals surface area contributed by atoms with Gasteiger partial charge in [0.1, 0.15) is 6.10 Å². The Morgan fingerprint density at radius 1 is 1.21 bits per heavy atom. The fourth-order valence-electron chi connectivity index (χ4n) is 2.58. The molecule has 3 rings (SSSR count). The number of rotatable bonds is 5. The van der Waals surface area contributed by atoms with E-state index in [4.69, 9.17) is 4.74 Å². The molecule has 5 nitrogen and oxygen atoms in total. The second-order valence-electron chi connectivity index (χ2n) is 5.85. The van der Waals surface area contributed by atoms with Crippen molar-refractivity contribution in [1.82, 2.24) is 0 Å². The highest BCUT2D eigenvalue weighted by molar-refractivity contribution is 5.96. The zero-order chi connectivity index (χ0) is 16.9. The van der Waals surface area contributed by atoms with Gasteiger partial charge in [0.15, 0.2) is 0 Å². The number of anilines is 2. The number of ether oxygens (including phenoxy) is 1. The van der Waals surface area contributed by atoms with Gasteiger partial charge in [-0.15, -0.1) is 0 Å². The number of nitrogens with one attached hydrogen (secondary N) is 2. The van der Waals surface area contributed by atoms with E-state index in [0.29, 0.717) is 25.1 Å². The average Bonchev–Trinajstić information content (AvgIpc) is 2.60. The quantitative estimate of drug-likeness (QED) is 0.888. The lowest BCUT2D eigenvalue weighted by Crippen LogP contribution is -2.28. The van der Waals surface area contributed by atoms with Gasteiger partial charge >= 0.3 is 0 Å². The Bertz CT molecular complexity index is 744. The van der Waals surface area contributed by atoms with Gasteiger partial charge in [0, 0.05) is 17.8 Å². The van der Waals surface area contributed by atoms with Crippen molar-refractivity contribution in [2.45, 2.75) is 32.5 Å². The van der Waals surface area contributed by atoms with Crippen molar-refractivity contribution in [1.29, 1.82) is 0 Å². The molecule has 0 radical (unpaired) electrons. The molecule has 0 unspecified atom stereocenters. The van der Waals surface area contributed by atoms with Crippen LogP contribution < -0.4 is 10.6 Å². The zero-order valence-corrected chi connectivity index (χ0v) is 13.5. The van der Waals surface area contributed by atoms with Crippen molar-refractivity contribution < 1.29 is 14.3 Å². The third-order valence-corrected chi connectivity index (χ3v) is 3.98. The van der Waals surface area contributed by atoms with Crippen LogP contribution in [0.5, 0.6) is 0 Å². The molecule has 0 spiro atoms. The molecule has 1 heterocycles.